The average Bonchev–Trinajstić information content (AvgIpc) is 2.48. The van der Waals surface area contributed by atoms with Gasteiger partial charge in [-0.25, -0.2) is 4.39 Å². The van der Waals surface area contributed by atoms with Crippen LogP contribution in [0.15, 0.2) is 24.3 Å². The van der Waals surface area contributed by atoms with E-state index in [9.17, 15) is 18.8 Å². The summed E-state index contributed by atoms with van der Waals surface area (Å²) in [6.07, 6.45) is 1.88. The van der Waals surface area contributed by atoms with E-state index in [1.165, 1.54) is 18.2 Å². The maximum Gasteiger partial charge on any atom is 0.326 e. The van der Waals surface area contributed by atoms with E-state index >= 15 is 0 Å². The molecule has 0 heterocycles. The Bertz CT molecular complexity index is 558. The number of hydrogen-bond acceptors (Lipinski definition) is 4. The van der Waals surface area contributed by atoms with Gasteiger partial charge in [0.05, 0.1) is 5.56 Å². The van der Waals surface area contributed by atoms with Crippen LogP contribution in [0.4, 0.5) is 4.39 Å². The van der Waals surface area contributed by atoms with Crippen LogP contribution in [0.5, 0.6) is 0 Å². The lowest BCUT2D eigenvalue weighted by atomic mass is 9.96. The van der Waals surface area contributed by atoms with E-state index in [2.05, 4.69) is 5.32 Å². The van der Waals surface area contributed by atoms with Crippen LogP contribution < -0.4 is 5.32 Å². The molecule has 1 aromatic rings. The standard InChI is InChI=1S/C15H16FNO4/c16-11-6-2-1-5-10(11)15(20)17-9-14(19)21-13-8-4-3-7-12(13)18/h1-2,5-6,13H,3-4,7-9H2,(H,17,20)/t13-/m1/s1. The largest absolute Gasteiger partial charge is 0.453 e. The average molecular weight is 293 g/mol. The number of rotatable bonds is 4. The van der Waals surface area contributed by atoms with Crippen molar-refractivity contribution >= 4 is 17.7 Å². The molecule has 1 aromatic carbocycles. The van der Waals surface area contributed by atoms with Gasteiger partial charge in [0.15, 0.2) is 11.9 Å². The Morgan fingerprint density at radius 2 is 2.05 bits per heavy atom. The Balaban J connectivity index is 1.82. The van der Waals surface area contributed by atoms with Crippen molar-refractivity contribution in [3.05, 3.63) is 35.6 Å². The molecule has 0 saturated heterocycles. The molecule has 1 N–H and O–H groups in total. The summed E-state index contributed by atoms with van der Waals surface area (Å²) in [5.74, 6) is -2.14. The highest BCUT2D eigenvalue weighted by atomic mass is 19.1. The summed E-state index contributed by atoms with van der Waals surface area (Å²) in [4.78, 5) is 34.8. The second-order valence-corrected chi connectivity index (χ2v) is 4.85. The van der Waals surface area contributed by atoms with Crippen molar-refractivity contribution in [2.75, 3.05) is 6.54 Å². The lowest BCUT2D eigenvalue weighted by Gasteiger charge is -2.20. The predicted octanol–water partition coefficient (Wildman–Crippen LogP) is 1.61. The first-order chi connectivity index (χ1) is 10.1. The third-order valence-electron chi connectivity index (χ3n) is 3.28. The van der Waals surface area contributed by atoms with Crippen molar-refractivity contribution in [1.82, 2.24) is 5.32 Å². The fraction of sp³-hybridized carbons (Fsp3) is 0.400. The number of benzene rings is 1. The van der Waals surface area contributed by atoms with Crippen LogP contribution in [-0.2, 0) is 14.3 Å². The number of carbonyl (C=O) groups is 3. The topological polar surface area (TPSA) is 72.5 Å². The van der Waals surface area contributed by atoms with E-state index in [-0.39, 0.29) is 11.3 Å². The van der Waals surface area contributed by atoms with Crippen molar-refractivity contribution in [2.45, 2.75) is 31.8 Å². The molecular weight excluding hydrogens is 277 g/mol. The quantitative estimate of drug-likeness (QED) is 0.856. The number of hydrogen-bond donors (Lipinski definition) is 1. The molecule has 2 rings (SSSR count). The molecule has 1 fully saturated rings. The molecule has 0 aromatic heterocycles. The maximum absolute atomic E-state index is 13.4. The van der Waals surface area contributed by atoms with Gasteiger partial charge < -0.3 is 10.1 Å². The van der Waals surface area contributed by atoms with Crippen molar-refractivity contribution in [1.29, 1.82) is 0 Å². The van der Waals surface area contributed by atoms with E-state index < -0.39 is 30.3 Å². The van der Waals surface area contributed by atoms with E-state index in [1.807, 2.05) is 0 Å². The number of amides is 1. The first-order valence-corrected chi connectivity index (χ1v) is 6.83. The van der Waals surface area contributed by atoms with Crippen molar-refractivity contribution in [3.63, 3.8) is 0 Å². The number of nitrogens with one attached hydrogen (secondary N) is 1. The van der Waals surface area contributed by atoms with Crippen LogP contribution >= 0.6 is 0 Å². The molecule has 21 heavy (non-hydrogen) atoms. The summed E-state index contributed by atoms with van der Waals surface area (Å²) in [6.45, 7) is -0.392. The van der Waals surface area contributed by atoms with Crippen LogP contribution in [0.25, 0.3) is 0 Å². The lowest BCUT2D eigenvalue weighted by molar-refractivity contribution is -0.155. The fourth-order valence-corrected chi connectivity index (χ4v) is 2.17. The second-order valence-electron chi connectivity index (χ2n) is 4.85. The molecule has 0 unspecified atom stereocenters. The fourth-order valence-electron chi connectivity index (χ4n) is 2.17. The lowest BCUT2D eigenvalue weighted by Crippen LogP contribution is -2.36. The van der Waals surface area contributed by atoms with Crippen LogP contribution in [0.3, 0.4) is 0 Å². The second kappa shape index (κ2) is 6.97. The van der Waals surface area contributed by atoms with Gasteiger partial charge in [0.1, 0.15) is 12.4 Å². The molecule has 1 aliphatic rings. The first kappa shape index (κ1) is 15.2. The minimum Gasteiger partial charge on any atom is -0.453 e. The van der Waals surface area contributed by atoms with Crippen LogP contribution in [-0.4, -0.2) is 30.3 Å². The molecule has 0 radical (unpaired) electrons. The third-order valence-corrected chi connectivity index (χ3v) is 3.28. The minimum atomic E-state index is -0.711. The van der Waals surface area contributed by atoms with Crippen LogP contribution in [0.2, 0.25) is 0 Å². The molecule has 0 aliphatic heterocycles. The van der Waals surface area contributed by atoms with Gasteiger partial charge in [-0.2, -0.15) is 0 Å². The van der Waals surface area contributed by atoms with E-state index in [4.69, 9.17) is 4.74 Å². The summed E-state index contributed by atoms with van der Waals surface area (Å²) in [6, 6.07) is 5.47. The van der Waals surface area contributed by atoms with Gasteiger partial charge in [0, 0.05) is 6.42 Å². The highest BCUT2D eigenvalue weighted by Crippen LogP contribution is 2.17. The molecule has 1 saturated carbocycles. The van der Waals surface area contributed by atoms with Crippen molar-refractivity contribution < 1.29 is 23.5 Å². The zero-order valence-corrected chi connectivity index (χ0v) is 11.4. The summed E-state index contributed by atoms with van der Waals surface area (Å²) in [5, 5.41) is 2.28. The Labute approximate surface area is 121 Å². The van der Waals surface area contributed by atoms with Gasteiger partial charge in [-0.05, 0) is 31.4 Å². The highest BCUT2D eigenvalue weighted by molar-refractivity contribution is 5.96. The normalized spacial score (nSPS) is 18.1. The molecule has 6 heteroatoms. The Morgan fingerprint density at radius 3 is 2.76 bits per heavy atom. The van der Waals surface area contributed by atoms with E-state index in [1.54, 1.807) is 0 Å². The summed E-state index contributed by atoms with van der Waals surface area (Å²) >= 11 is 0. The number of esters is 1. The zero-order valence-electron chi connectivity index (χ0n) is 11.4. The Kier molecular flexibility index (Phi) is 5.03. The van der Waals surface area contributed by atoms with Crippen LogP contribution in [0, 0.1) is 5.82 Å². The predicted molar refractivity (Wildman–Crippen MR) is 72.1 cm³/mol. The summed E-state index contributed by atoms with van der Waals surface area (Å²) in [5.41, 5.74) is -0.140. The number of Topliss-reactive ketones (excluding diaryl/α,β-unsaturated/α-hetero) is 1. The van der Waals surface area contributed by atoms with Gasteiger partial charge in [-0.15, -0.1) is 0 Å². The van der Waals surface area contributed by atoms with Gasteiger partial charge in [0.25, 0.3) is 5.91 Å². The molecule has 5 nitrogen and oxygen atoms in total. The van der Waals surface area contributed by atoms with Gasteiger partial charge in [-0.1, -0.05) is 12.1 Å². The Hall–Kier alpha value is -2.24. The molecular formula is C15H16FNO4. The maximum atomic E-state index is 13.4. The van der Waals surface area contributed by atoms with Gasteiger partial charge >= 0.3 is 5.97 Å². The van der Waals surface area contributed by atoms with E-state index in [0.29, 0.717) is 12.8 Å². The molecule has 0 spiro atoms. The smallest absolute Gasteiger partial charge is 0.326 e. The molecule has 0 bridgehead atoms. The van der Waals surface area contributed by atoms with Crippen LogP contribution in [0.1, 0.15) is 36.0 Å². The zero-order chi connectivity index (χ0) is 15.2. The van der Waals surface area contributed by atoms with Crippen molar-refractivity contribution in [2.24, 2.45) is 0 Å². The Morgan fingerprint density at radius 1 is 1.29 bits per heavy atom. The number of halogens is 1. The summed E-state index contributed by atoms with van der Waals surface area (Å²) in [7, 11) is 0. The van der Waals surface area contributed by atoms with E-state index in [0.717, 1.165) is 18.9 Å². The number of ether oxygens (including phenoxy) is 1. The SMILES string of the molecule is O=C(CNC(=O)c1ccccc1F)O[C@@H]1CCCCC1=O. The van der Waals surface area contributed by atoms with Gasteiger partial charge in [-0.3, -0.25) is 14.4 Å². The molecule has 1 aliphatic carbocycles. The third kappa shape index (κ3) is 4.11. The molecule has 1 atom stereocenters. The molecule has 1 amide bonds. The number of ketones is 1. The molecule has 112 valence electrons. The minimum absolute atomic E-state index is 0.0879. The summed E-state index contributed by atoms with van der Waals surface area (Å²) < 4.78 is 18.4. The van der Waals surface area contributed by atoms with Crippen molar-refractivity contribution in [3.8, 4) is 0 Å². The number of carbonyl (C=O) groups excluding carboxylic acids is 3. The first-order valence-electron chi connectivity index (χ1n) is 6.83. The monoisotopic (exact) mass is 293 g/mol. The highest BCUT2D eigenvalue weighted by Gasteiger charge is 2.25. The van der Waals surface area contributed by atoms with Gasteiger partial charge in [0.2, 0.25) is 0 Å².